The number of carbonyl (C=O) groups is 10. The summed E-state index contributed by atoms with van der Waals surface area (Å²) in [4.78, 5) is 126. The first-order chi connectivity index (χ1) is 27.1. The number of rotatable bonds is 28. The van der Waals surface area contributed by atoms with Crippen LogP contribution in [0.1, 0.15) is 73.6 Å². The molecule has 15 N–H and O–H groups in total. The van der Waals surface area contributed by atoms with Gasteiger partial charge in [-0.25, -0.2) is 4.79 Å². The van der Waals surface area contributed by atoms with Crippen LogP contribution in [0.15, 0.2) is 0 Å². The second-order valence-electron chi connectivity index (χ2n) is 14.6. The second-order valence-corrected chi connectivity index (χ2v) is 14.6. The van der Waals surface area contributed by atoms with E-state index in [9.17, 15) is 63.3 Å². The number of nitrogens with one attached hydrogen (secondary N) is 8. The molecule has 0 rings (SSSR count). The van der Waals surface area contributed by atoms with Crippen molar-refractivity contribution < 1.29 is 63.3 Å². The first kappa shape index (κ1) is 52.6. The minimum Gasteiger partial charge on any atom is -0.481 e. The van der Waals surface area contributed by atoms with Gasteiger partial charge >= 0.3 is 11.9 Å². The van der Waals surface area contributed by atoms with Gasteiger partial charge in [0.2, 0.25) is 47.3 Å². The number of unbranched alkanes of at least 4 members (excludes halogenated alkanes) is 1. The van der Waals surface area contributed by atoms with Crippen molar-refractivity contribution in [3.8, 4) is 0 Å². The highest BCUT2D eigenvalue weighted by Gasteiger charge is 2.34. The van der Waals surface area contributed by atoms with E-state index in [0.29, 0.717) is 19.4 Å². The number of amides is 8. The molecule has 8 amide bonds. The van der Waals surface area contributed by atoms with Crippen LogP contribution in [-0.2, 0) is 47.9 Å². The maximum absolute atomic E-state index is 13.5. The Morgan fingerprint density at radius 2 is 1.05 bits per heavy atom. The number of carboxylic acids is 2. The average molecular weight is 831 g/mol. The Hall–Kier alpha value is -5.42. The van der Waals surface area contributed by atoms with Crippen LogP contribution >= 0.6 is 0 Å². The Bertz CT molecular complexity index is 1440. The van der Waals surface area contributed by atoms with Gasteiger partial charge in [-0.05, 0) is 50.0 Å². The van der Waals surface area contributed by atoms with Crippen molar-refractivity contribution >= 4 is 59.2 Å². The fourth-order valence-electron chi connectivity index (χ4n) is 5.16. The summed E-state index contributed by atoms with van der Waals surface area (Å²) in [6.45, 7) is 7.49. The number of hydrogen-bond acceptors (Lipinski definition) is 13. The molecule has 0 radical (unpaired) electrons. The van der Waals surface area contributed by atoms with Crippen molar-refractivity contribution in [3.05, 3.63) is 0 Å². The van der Waals surface area contributed by atoms with Gasteiger partial charge in [0.1, 0.15) is 36.3 Å². The molecule has 0 bridgehead atoms. The molecule has 0 aliphatic rings. The molecule has 23 nitrogen and oxygen atoms in total. The molecule has 0 aliphatic carbocycles. The van der Waals surface area contributed by atoms with Gasteiger partial charge in [0.25, 0.3) is 0 Å². The van der Waals surface area contributed by atoms with Crippen LogP contribution in [0.25, 0.3) is 0 Å². The molecule has 0 saturated heterocycles. The quantitative estimate of drug-likeness (QED) is 0.0329. The monoisotopic (exact) mass is 830 g/mol. The van der Waals surface area contributed by atoms with Crippen LogP contribution in [0.2, 0.25) is 0 Å². The summed E-state index contributed by atoms with van der Waals surface area (Å²) in [6, 6.07) is -8.44. The largest absolute Gasteiger partial charge is 0.481 e. The zero-order chi connectivity index (χ0) is 44.7. The standard InChI is InChI=1S/C35H62N10O13/c1-17(2)11-21(41-32(54)23(16-46)43-34(56)29(19(5)6)44-24(47)13-37)30(52)42-22(12-27(50)51)31(53)45-28(18(3)4)33(55)39-14-25(48)38-15-26(49)40-20(35(57)58)9-7-8-10-36/h17-23,28-29,46H,7-16,36-37H2,1-6H3,(H,38,48)(H,39,55)(H,40,49)(H,41,54)(H,42,52)(H,43,56)(H,44,47)(H,45,53)(H,50,51)(H,57,58)/t20-,21-,22-,23-,28-,29-/m0/s1. The molecular formula is C35H62N10O13. The van der Waals surface area contributed by atoms with Gasteiger partial charge in [-0.1, -0.05) is 41.5 Å². The average Bonchev–Trinajstić information content (AvgIpc) is 3.14. The number of aliphatic hydroxyl groups excluding tert-OH is 1. The molecule has 0 aromatic rings. The fourth-order valence-corrected chi connectivity index (χ4v) is 5.16. The van der Waals surface area contributed by atoms with E-state index in [4.69, 9.17) is 11.5 Å². The van der Waals surface area contributed by atoms with Gasteiger partial charge in [0.15, 0.2) is 0 Å². The van der Waals surface area contributed by atoms with Crippen LogP contribution in [0, 0.1) is 17.8 Å². The van der Waals surface area contributed by atoms with E-state index < -0.39 is 140 Å². The van der Waals surface area contributed by atoms with Crippen molar-refractivity contribution in [1.29, 1.82) is 0 Å². The minimum absolute atomic E-state index is 0.0397. The Morgan fingerprint density at radius 3 is 1.55 bits per heavy atom. The molecule has 58 heavy (non-hydrogen) atoms. The lowest BCUT2D eigenvalue weighted by Crippen LogP contribution is -2.61. The first-order valence-corrected chi connectivity index (χ1v) is 18.9. The van der Waals surface area contributed by atoms with Gasteiger partial charge in [-0.15, -0.1) is 0 Å². The third-order valence-electron chi connectivity index (χ3n) is 8.31. The fraction of sp³-hybridized carbons (Fsp3) is 0.714. The number of nitrogens with two attached hydrogens (primary N) is 2. The molecule has 330 valence electrons. The zero-order valence-electron chi connectivity index (χ0n) is 33.8. The maximum atomic E-state index is 13.5. The van der Waals surface area contributed by atoms with E-state index in [0.717, 1.165) is 0 Å². The summed E-state index contributed by atoms with van der Waals surface area (Å²) in [6.07, 6.45) is 0.142. The SMILES string of the molecule is CC(C)C[C@H](NC(=O)[C@H](CO)NC(=O)[C@@H](NC(=O)CN)C(C)C)C(=O)N[C@@H](CC(=O)O)C(=O)N[C@H](C(=O)NCC(=O)NCC(=O)N[C@@H](CCCCN)C(=O)O)C(C)C. The molecular weight excluding hydrogens is 768 g/mol. The van der Waals surface area contributed by atoms with Crippen LogP contribution in [-0.4, -0.2) is 144 Å². The van der Waals surface area contributed by atoms with Crippen molar-refractivity contribution in [2.24, 2.45) is 29.2 Å². The van der Waals surface area contributed by atoms with Gasteiger partial charge in [0, 0.05) is 0 Å². The smallest absolute Gasteiger partial charge is 0.326 e. The van der Waals surface area contributed by atoms with Gasteiger partial charge < -0.3 is 69.3 Å². The molecule has 0 spiro atoms. The highest BCUT2D eigenvalue weighted by molar-refractivity contribution is 5.98. The predicted octanol–water partition coefficient (Wildman–Crippen LogP) is -4.88. The first-order valence-electron chi connectivity index (χ1n) is 18.9. The van der Waals surface area contributed by atoms with Crippen LogP contribution in [0.5, 0.6) is 0 Å². The second kappa shape index (κ2) is 27.3. The minimum atomic E-state index is -1.77. The van der Waals surface area contributed by atoms with E-state index in [1.165, 1.54) is 13.8 Å². The summed E-state index contributed by atoms with van der Waals surface area (Å²) in [5.74, 6) is -11.2. The molecule has 0 saturated carbocycles. The number of hydrogen-bond donors (Lipinski definition) is 13. The molecule has 0 aliphatic heterocycles. The molecule has 23 heteroatoms. The van der Waals surface area contributed by atoms with E-state index in [1.807, 2.05) is 0 Å². The topological polar surface area (TPSA) is 380 Å². The van der Waals surface area contributed by atoms with Crippen molar-refractivity contribution in [2.45, 2.75) is 110 Å². The van der Waals surface area contributed by atoms with E-state index in [2.05, 4.69) is 42.5 Å². The Morgan fingerprint density at radius 1 is 0.534 bits per heavy atom. The lowest BCUT2D eigenvalue weighted by molar-refractivity contribution is -0.142. The summed E-state index contributed by atoms with van der Waals surface area (Å²) >= 11 is 0. The van der Waals surface area contributed by atoms with Crippen LogP contribution in [0.3, 0.4) is 0 Å². The normalized spacial score (nSPS) is 14.1. The number of carbonyl (C=O) groups excluding carboxylic acids is 8. The molecule has 0 heterocycles. The van der Waals surface area contributed by atoms with Gasteiger partial charge in [-0.2, -0.15) is 0 Å². The molecule has 0 unspecified atom stereocenters. The molecule has 0 aromatic carbocycles. The number of aliphatic carboxylic acids is 2. The Balaban J connectivity index is 5.73. The van der Waals surface area contributed by atoms with E-state index >= 15 is 0 Å². The Kier molecular flexibility index (Phi) is 24.7. The van der Waals surface area contributed by atoms with Crippen LogP contribution < -0.4 is 54.0 Å². The van der Waals surface area contributed by atoms with Crippen molar-refractivity contribution in [3.63, 3.8) is 0 Å². The summed E-state index contributed by atoms with van der Waals surface area (Å²) in [5.41, 5.74) is 10.7. The summed E-state index contributed by atoms with van der Waals surface area (Å²) in [5, 5.41) is 47.3. The molecule has 0 fully saturated rings. The molecule has 0 aromatic heterocycles. The Labute approximate surface area is 336 Å². The van der Waals surface area contributed by atoms with E-state index in [1.54, 1.807) is 27.7 Å². The zero-order valence-corrected chi connectivity index (χ0v) is 33.8. The highest BCUT2D eigenvalue weighted by Crippen LogP contribution is 2.09. The maximum Gasteiger partial charge on any atom is 0.326 e. The predicted molar refractivity (Wildman–Crippen MR) is 206 cm³/mol. The van der Waals surface area contributed by atoms with Gasteiger partial charge in [-0.3, -0.25) is 43.2 Å². The third kappa shape index (κ3) is 20.7. The lowest BCUT2D eigenvalue weighted by atomic mass is 10.0. The van der Waals surface area contributed by atoms with Gasteiger partial charge in [0.05, 0.1) is 32.7 Å². The highest BCUT2D eigenvalue weighted by atomic mass is 16.4. The summed E-state index contributed by atoms with van der Waals surface area (Å²) < 4.78 is 0. The lowest BCUT2D eigenvalue weighted by Gasteiger charge is -2.28. The summed E-state index contributed by atoms with van der Waals surface area (Å²) in [7, 11) is 0. The van der Waals surface area contributed by atoms with E-state index in [-0.39, 0.29) is 18.8 Å². The molecule has 6 atom stereocenters. The van der Waals surface area contributed by atoms with Crippen LogP contribution in [0.4, 0.5) is 0 Å². The van der Waals surface area contributed by atoms with Crippen molar-refractivity contribution in [2.75, 3.05) is 32.8 Å². The number of aliphatic hydroxyl groups is 1. The van der Waals surface area contributed by atoms with Crippen molar-refractivity contribution in [1.82, 2.24) is 42.5 Å². The number of carboxylic acid groups (broad SMARTS) is 2. The third-order valence-corrected chi connectivity index (χ3v) is 8.31.